The summed E-state index contributed by atoms with van der Waals surface area (Å²) in [5.41, 5.74) is 0.124. The second kappa shape index (κ2) is 12.3. The molecule has 3 aromatic rings. The zero-order valence-corrected chi connectivity index (χ0v) is 23.0. The lowest BCUT2D eigenvalue weighted by atomic mass is 10.1. The Kier molecular flexibility index (Phi) is 9.42. The first kappa shape index (κ1) is 29.0. The molecular weight excluding hydrogens is 566 g/mol. The van der Waals surface area contributed by atoms with E-state index in [0.29, 0.717) is 41.6 Å². The number of pyridine rings is 1. The van der Waals surface area contributed by atoms with Crippen molar-refractivity contribution >= 4 is 44.3 Å². The number of fused-ring (bicyclic) bond motifs is 1. The van der Waals surface area contributed by atoms with Gasteiger partial charge in [0, 0.05) is 23.6 Å². The van der Waals surface area contributed by atoms with E-state index >= 15 is 0 Å². The monoisotopic (exact) mass is 594 g/mol. The molecule has 204 valence electrons. The average molecular weight is 595 g/mol. The van der Waals surface area contributed by atoms with Crippen LogP contribution < -0.4 is 15.4 Å². The summed E-state index contributed by atoms with van der Waals surface area (Å²) in [4.78, 5) is 27.1. The van der Waals surface area contributed by atoms with Gasteiger partial charge in [-0.2, -0.15) is 0 Å². The van der Waals surface area contributed by atoms with Gasteiger partial charge in [-0.25, -0.2) is 18.6 Å². The number of hydrogen-bond acceptors (Lipinski definition) is 7. The number of ether oxygens (including phenoxy) is 2. The molecule has 2 N–H and O–H groups in total. The first-order valence-corrected chi connectivity index (χ1v) is 12.7. The standard InChI is InChI=1S/C26H29BrF2N4O5/c1-15(32-25(34)38-26(2,3)4)17-11-16(28)7-8-23(17)37-10-6-5-9-30-24-18-12-19(27)20(29)13-21(18)31-14-22(24)33(35)36/h7-8,11-15H,5-6,9-10H2,1-4H3,(H,30,31)(H,32,34)/t15-/m1/s1. The van der Waals surface area contributed by atoms with E-state index in [2.05, 4.69) is 31.5 Å². The first-order valence-electron chi connectivity index (χ1n) is 11.9. The van der Waals surface area contributed by atoms with Crippen molar-refractivity contribution in [1.29, 1.82) is 0 Å². The van der Waals surface area contributed by atoms with Crippen LogP contribution in [0.3, 0.4) is 0 Å². The number of halogens is 3. The van der Waals surface area contributed by atoms with Crippen molar-refractivity contribution < 1.29 is 28.0 Å². The number of unbranched alkanes of at least 4 members (excludes halogenated alkanes) is 1. The third-order valence-corrected chi connectivity index (χ3v) is 6.00. The molecule has 1 atom stereocenters. The van der Waals surface area contributed by atoms with Crippen LogP contribution in [-0.2, 0) is 4.74 Å². The molecule has 9 nitrogen and oxygen atoms in total. The number of amides is 1. The lowest BCUT2D eigenvalue weighted by molar-refractivity contribution is -0.384. The van der Waals surface area contributed by atoms with E-state index in [1.165, 1.54) is 30.3 Å². The highest BCUT2D eigenvalue weighted by Crippen LogP contribution is 2.34. The fourth-order valence-electron chi connectivity index (χ4n) is 3.67. The molecule has 0 aliphatic rings. The highest BCUT2D eigenvalue weighted by Gasteiger charge is 2.21. The minimum Gasteiger partial charge on any atom is -0.493 e. The second-order valence-corrected chi connectivity index (χ2v) is 10.4. The number of carbonyl (C=O) groups excluding carboxylic acids is 1. The smallest absolute Gasteiger partial charge is 0.408 e. The Balaban J connectivity index is 1.60. The van der Waals surface area contributed by atoms with Crippen LogP contribution in [0.25, 0.3) is 10.9 Å². The number of hydrogen-bond donors (Lipinski definition) is 2. The van der Waals surface area contributed by atoms with Gasteiger partial charge >= 0.3 is 11.8 Å². The molecule has 0 spiro atoms. The van der Waals surface area contributed by atoms with Gasteiger partial charge in [0.05, 0.1) is 27.6 Å². The molecule has 1 amide bonds. The van der Waals surface area contributed by atoms with E-state index in [-0.39, 0.29) is 22.5 Å². The van der Waals surface area contributed by atoms with Gasteiger partial charge in [-0.15, -0.1) is 0 Å². The summed E-state index contributed by atoms with van der Waals surface area (Å²) in [5, 5.41) is 17.7. The number of alkyl carbamates (subject to hydrolysis) is 1. The predicted octanol–water partition coefficient (Wildman–Crippen LogP) is 7.04. The summed E-state index contributed by atoms with van der Waals surface area (Å²) in [6, 6.07) is 6.17. The molecule has 0 unspecified atom stereocenters. The maximum Gasteiger partial charge on any atom is 0.408 e. The maximum atomic E-state index is 13.9. The molecule has 0 fully saturated rings. The SMILES string of the molecule is C[C@@H](NC(=O)OC(C)(C)C)c1cc(F)ccc1OCCCCNc1c([N+](=O)[O-])cnc2cc(F)c(Br)cc12. The van der Waals surface area contributed by atoms with Crippen molar-refractivity contribution in [3.63, 3.8) is 0 Å². The van der Waals surface area contributed by atoms with Gasteiger partial charge in [-0.1, -0.05) is 0 Å². The van der Waals surface area contributed by atoms with Crippen LogP contribution in [0, 0.1) is 21.7 Å². The van der Waals surface area contributed by atoms with E-state index in [1.54, 1.807) is 27.7 Å². The normalized spacial score (nSPS) is 12.2. The maximum absolute atomic E-state index is 13.9. The van der Waals surface area contributed by atoms with Crippen molar-refractivity contribution in [2.24, 2.45) is 0 Å². The largest absolute Gasteiger partial charge is 0.493 e. The quantitative estimate of drug-likeness (QED) is 0.147. The van der Waals surface area contributed by atoms with Crippen LogP contribution in [0.15, 0.2) is 41.0 Å². The Morgan fingerprint density at radius 2 is 1.95 bits per heavy atom. The minimum absolute atomic E-state index is 0.175. The van der Waals surface area contributed by atoms with E-state index in [4.69, 9.17) is 9.47 Å². The van der Waals surface area contributed by atoms with Gasteiger partial charge in [-0.3, -0.25) is 10.1 Å². The van der Waals surface area contributed by atoms with Gasteiger partial charge in [0.25, 0.3) is 0 Å². The summed E-state index contributed by atoms with van der Waals surface area (Å²) in [6.07, 6.45) is 1.64. The number of carbonyl (C=O) groups is 1. The highest BCUT2D eigenvalue weighted by molar-refractivity contribution is 9.10. The van der Waals surface area contributed by atoms with Crippen LogP contribution in [0.5, 0.6) is 5.75 Å². The molecule has 3 rings (SSSR count). The lowest BCUT2D eigenvalue weighted by Gasteiger charge is -2.23. The molecule has 38 heavy (non-hydrogen) atoms. The number of rotatable bonds is 10. The fraction of sp³-hybridized carbons (Fsp3) is 0.385. The summed E-state index contributed by atoms with van der Waals surface area (Å²) in [7, 11) is 0. The van der Waals surface area contributed by atoms with E-state index in [9.17, 15) is 23.7 Å². The fourth-order valence-corrected chi connectivity index (χ4v) is 4.02. The van der Waals surface area contributed by atoms with Gasteiger partial charge in [-0.05, 0) is 80.7 Å². The second-order valence-electron chi connectivity index (χ2n) is 9.59. The Bertz CT molecular complexity index is 1330. The number of benzene rings is 2. The zero-order valence-electron chi connectivity index (χ0n) is 21.4. The third-order valence-electron chi connectivity index (χ3n) is 5.39. The molecular formula is C26H29BrF2N4O5. The predicted molar refractivity (Wildman–Crippen MR) is 143 cm³/mol. The number of nitrogens with one attached hydrogen (secondary N) is 2. The van der Waals surface area contributed by atoms with Gasteiger partial charge in [0.1, 0.15) is 34.9 Å². The van der Waals surface area contributed by atoms with Crippen LogP contribution in [0.2, 0.25) is 0 Å². The van der Waals surface area contributed by atoms with Gasteiger partial charge in [0.2, 0.25) is 0 Å². The molecule has 0 saturated heterocycles. The summed E-state index contributed by atoms with van der Waals surface area (Å²) >= 11 is 3.11. The molecule has 1 heterocycles. The first-order chi connectivity index (χ1) is 17.9. The lowest BCUT2D eigenvalue weighted by Crippen LogP contribution is -2.34. The molecule has 0 radical (unpaired) electrons. The van der Waals surface area contributed by atoms with Gasteiger partial charge in [0.15, 0.2) is 0 Å². The Labute approximate surface area is 227 Å². The van der Waals surface area contributed by atoms with Crippen LogP contribution in [-0.4, -0.2) is 34.8 Å². The topological polar surface area (TPSA) is 116 Å². The van der Waals surface area contributed by atoms with Gasteiger partial charge < -0.3 is 20.1 Å². The molecule has 0 aliphatic carbocycles. The summed E-state index contributed by atoms with van der Waals surface area (Å²) in [5.74, 6) is -0.560. The highest BCUT2D eigenvalue weighted by atomic mass is 79.9. The van der Waals surface area contributed by atoms with Crippen molar-refractivity contribution in [2.75, 3.05) is 18.5 Å². The van der Waals surface area contributed by atoms with E-state index < -0.39 is 34.3 Å². The molecule has 0 aliphatic heterocycles. The van der Waals surface area contributed by atoms with Crippen LogP contribution >= 0.6 is 15.9 Å². The third kappa shape index (κ3) is 7.73. The molecule has 2 aromatic carbocycles. The zero-order chi connectivity index (χ0) is 28.0. The van der Waals surface area contributed by atoms with Crippen molar-refractivity contribution in [3.8, 4) is 5.75 Å². The number of aromatic nitrogens is 1. The summed E-state index contributed by atoms with van der Waals surface area (Å²) < 4.78 is 39.1. The summed E-state index contributed by atoms with van der Waals surface area (Å²) in [6.45, 7) is 7.61. The van der Waals surface area contributed by atoms with E-state index in [0.717, 1.165) is 6.20 Å². The van der Waals surface area contributed by atoms with Crippen molar-refractivity contribution in [2.45, 2.75) is 52.2 Å². The Hall–Kier alpha value is -3.54. The minimum atomic E-state index is -0.672. The Morgan fingerprint density at radius 1 is 1.21 bits per heavy atom. The number of nitrogens with zero attached hydrogens (tertiary/aromatic N) is 2. The molecule has 0 saturated carbocycles. The van der Waals surface area contributed by atoms with E-state index in [1.807, 2.05) is 0 Å². The van der Waals surface area contributed by atoms with Crippen LogP contribution in [0.1, 0.15) is 52.1 Å². The van der Waals surface area contributed by atoms with Crippen LogP contribution in [0.4, 0.5) is 25.0 Å². The van der Waals surface area contributed by atoms with Crippen molar-refractivity contribution in [3.05, 3.63) is 68.3 Å². The average Bonchev–Trinajstić information content (AvgIpc) is 2.81. The van der Waals surface area contributed by atoms with Crippen molar-refractivity contribution in [1.82, 2.24) is 10.3 Å². The Morgan fingerprint density at radius 3 is 2.63 bits per heavy atom. The number of nitro groups is 1. The number of anilines is 1. The molecule has 12 heteroatoms. The molecule has 0 bridgehead atoms. The molecule has 1 aromatic heterocycles.